The van der Waals surface area contributed by atoms with Gasteiger partial charge in [-0.25, -0.2) is 9.59 Å². The number of alkyl carbamates (subject to hydrolysis) is 2. The maximum absolute atomic E-state index is 13.0. The van der Waals surface area contributed by atoms with Gasteiger partial charge in [0, 0.05) is 19.3 Å². The number of rotatable bonds is 10. The van der Waals surface area contributed by atoms with Crippen molar-refractivity contribution in [1.82, 2.24) is 20.9 Å². The first-order chi connectivity index (χ1) is 17.3. The lowest BCUT2D eigenvalue weighted by atomic mass is 10.0. The molecule has 1 unspecified atom stereocenters. The van der Waals surface area contributed by atoms with Crippen molar-refractivity contribution in [2.75, 3.05) is 13.1 Å². The van der Waals surface area contributed by atoms with Gasteiger partial charge in [0.1, 0.15) is 23.9 Å². The second-order valence-corrected chi connectivity index (χ2v) is 10.4. The van der Waals surface area contributed by atoms with Gasteiger partial charge >= 0.3 is 12.2 Å². The molecule has 1 saturated heterocycles. The highest BCUT2D eigenvalue weighted by atomic mass is 16.6. The van der Waals surface area contributed by atoms with E-state index in [-0.39, 0.29) is 24.3 Å². The topological polar surface area (TPSA) is 152 Å². The summed E-state index contributed by atoms with van der Waals surface area (Å²) < 4.78 is 10.5. The fourth-order valence-electron chi connectivity index (χ4n) is 3.67. The summed E-state index contributed by atoms with van der Waals surface area (Å²) in [5.74, 6) is -1.34. The van der Waals surface area contributed by atoms with E-state index in [9.17, 15) is 19.2 Å². The molecule has 0 spiro atoms. The van der Waals surface area contributed by atoms with E-state index in [1.807, 2.05) is 44.2 Å². The normalized spacial score (nSPS) is 16.6. The molecular formula is C26H39N5O6. The number of amides is 4. The second kappa shape index (κ2) is 13.5. The number of nitrogens with zero attached hydrogens (tertiary/aromatic N) is 1. The monoisotopic (exact) mass is 517 g/mol. The van der Waals surface area contributed by atoms with Crippen molar-refractivity contribution >= 4 is 24.0 Å². The average molecular weight is 518 g/mol. The largest absolute Gasteiger partial charge is 0.445 e. The minimum absolute atomic E-state index is 0.0581. The highest BCUT2D eigenvalue weighted by Gasteiger charge is 2.28. The molecule has 0 bridgehead atoms. The third-order valence-corrected chi connectivity index (χ3v) is 5.30. The van der Waals surface area contributed by atoms with Gasteiger partial charge in [0.2, 0.25) is 5.91 Å². The Morgan fingerprint density at radius 1 is 1.14 bits per heavy atom. The van der Waals surface area contributed by atoms with Crippen molar-refractivity contribution < 1.29 is 28.7 Å². The van der Waals surface area contributed by atoms with Gasteiger partial charge in [-0.2, -0.15) is 0 Å². The van der Waals surface area contributed by atoms with E-state index in [0.717, 1.165) is 5.56 Å². The molecule has 1 aliphatic heterocycles. The quantitative estimate of drug-likeness (QED) is 0.348. The summed E-state index contributed by atoms with van der Waals surface area (Å²) in [6.07, 6.45) is 1.14. The first-order valence-electron chi connectivity index (χ1n) is 12.4. The number of primary amides is 1. The molecule has 0 aromatic heterocycles. The summed E-state index contributed by atoms with van der Waals surface area (Å²) >= 11 is 0. The number of likely N-dealkylation sites (tertiary alicyclic amines) is 1. The van der Waals surface area contributed by atoms with Crippen LogP contribution in [0.4, 0.5) is 9.59 Å². The molecule has 11 heteroatoms. The van der Waals surface area contributed by atoms with Crippen LogP contribution in [0.15, 0.2) is 42.2 Å². The van der Waals surface area contributed by atoms with Crippen LogP contribution in [0.1, 0.15) is 53.0 Å². The Morgan fingerprint density at radius 2 is 1.81 bits per heavy atom. The van der Waals surface area contributed by atoms with Gasteiger partial charge in [0.15, 0.2) is 0 Å². The van der Waals surface area contributed by atoms with E-state index in [1.165, 1.54) is 6.20 Å². The van der Waals surface area contributed by atoms with Gasteiger partial charge in [0.05, 0.1) is 6.04 Å². The molecule has 204 valence electrons. The van der Waals surface area contributed by atoms with Crippen LogP contribution < -0.4 is 21.7 Å². The number of nitrogens with two attached hydrogens (primary N) is 1. The Labute approximate surface area is 218 Å². The molecule has 1 heterocycles. The smallest absolute Gasteiger partial charge is 0.408 e. The number of benzene rings is 1. The van der Waals surface area contributed by atoms with Crippen molar-refractivity contribution in [2.24, 2.45) is 11.7 Å². The molecule has 4 amide bonds. The Balaban J connectivity index is 1.98. The molecule has 0 radical (unpaired) electrons. The Kier molecular flexibility index (Phi) is 10.8. The van der Waals surface area contributed by atoms with Crippen LogP contribution >= 0.6 is 0 Å². The van der Waals surface area contributed by atoms with E-state index in [4.69, 9.17) is 15.2 Å². The van der Waals surface area contributed by atoms with Gasteiger partial charge in [-0.05, 0) is 45.1 Å². The molecule has 2 rings (SSSR count). The third-order valence-electron chi connectivity index (χ3n) is 5.30. The standard InChI is InChI=1S/C26H39N5O6/c1-17(2)13-20(30-24(34)36-16-18-9-7-6-8-10-18)23(33)29-21(22(27)32)15-31-12-11-19(14-31)28-25(35)37-26(3,4)5/h6-10,15,17,19-20H,11-14,16H2,1-5H3,(H2,27,32)(H,28,35)(H,29,33)(H,30,34)/t19?,20-/m0/s1. The Hall–Kier alpha value is -3.76. The number of ether oxygens (including phenoxy) is 2. The number of carbonyl (C=O) groups excluding carboxylic acids is 4. The SMILES string of the molecule is CC(C)C[C@H](NC(=O)OCc1ccccc1)C(=O)NC(=CN1CCC(NC(=O)OC(C)(C)C)C1)C(N)=O. The number of hydrogen-bond acceptors (Lipinski definition) is 7. The van der Waals surface area contributed by atoms with Crippen LogP contribution in [0.5, 0.6) is 0 Å². The lowest BCUT2D eigenvalue weighted by Gasteiger charge is -2.22. The maximum Gasteiger partial charge on any atom is 0.408 e. The zero-order chi connectivity index (χ0) is 27.6. The summed E-state index contributed by atoms with van der Waals surface area (Å²) in [6.45, 7) is 10.2. The highest BCUT2D eigenvalue weighted by Crippen LogP contribution is 2.13. The summed E-state index contributed by atoms with van der Waals surface area (Å²) in [7, 11) is 0. The van der Waals surface area contributed by atoms with Crippen molar-refractivity contribution in [3.8, 4) is 0 Å². The van der Waals surface area contributed by atoms with E-state index in [2.05, 4.69) is 16.0 Å². The first-order valence-corrected chi connectivity index (χ1v) is 12.4. The van der Waals surface area contributed by atoms with Crippen LogP contribution in [0.2, 0.25) is 0 Å². The predicted molar refractivity (Wildman–Crippen MR) is 138 cm³/mol. The molecule has 1 fully saturated rings. The average Bonchev–Trinajstić information content (AvgIpc) is 3.22. The van der Waals surface area contributed by atoms with Crippen LogP contribution in [0.3, 0.4) is 0 Å². The summed E-state index contributed by atoms with van der Waals surface area (Å²) in [5.41, 5.74) is 5.60. The summed E-state index contributed by atoms with van der Waals surface area (Å²) in [6, 6.07) is 8.04. The minimum Gasteiger partial charge on any atom is -0.445 e. The van der Waals surface area contributed by atoms with E-state index in [0.29, 0.717) is 25.9 Å². The van der Waals surface area contributed by atoms with Crippen LogP contribution in [-0.2, 0) is 25.7 Å². The van der Waals surface area contributed by atoms with Crippen molar-refractivity contribution in [2.45, 2.75) is 71.8 Å². The van der Waals surface area contributed by atoms with Crippen molar-refractivity contribution in [3.05, 3.63) is 47.8 Å². The van der Waals surface area contributed by atoms with Crippen LogP contribution in [0, 0.1) is 5.92 Å². The molecule has 37 heavy (non-hydrogen) atoms. The molecule has 1 aromatic carbocycles. The summed E-state index contributed by atoms with van der Waals surface area (Å²) in [5, 5.41) is 7.91. The molecule has 11 nitrogen and oxygen atoms in total. The molecule has 0 saturated carbocycles. The molecule has 2 atom stereocenters. The first kappa shape index (κ1) is 29.5. The van der Waals surface area contributed by atoms with Gasteiger partial charge in [-0.3, -0.25) is 9.59 Å². The third kappa shape index (κ3) is 11.2. The highest BCUT2D eigenvalue weighted by molar-refractivity contribution is 5.98. The number of hydrogen-bond donors (Lipinski definition) is 4. The zero-order valence-electron chi connectivity index (χ0n) is 22.2. The molecule has 1 aromatic rings. The predicted octanol–water partition coefficient (Wildman–Crippen LogP) is 2.37. The number of nitrogens with one attached hydrogen (secondary N) is 3. The van der Waals surface area contributed by atoms with Crippen LogP contribution in [-0.4, -0.2) is 59.7 Å². The zero-order valence-corrected chi connectivity index (χ0v) is 22.2. The van der Waals surface area contributed by atoms with Gasteiger partial charge in [0.25, 0.3) is 5.91 Å². The van der Waals surface area contributed by atoms with E-state index in [1.54, 1.807) is 25.7 Å². The Morgan fingerprint density at radius 3 is 2.41 bits per heavy atom. The van der Waals surface area contributed by atoms with Gasteiger partial charge in [-0.15, -0.1) is 0 Å². The molecule has 0 aliphatic carbocycles. The lowest BCUT2D eigenvalue weighted by molar-refractivity contribution is -0.124. The van der Waals surface area contributed by atoms with E-state index < -0.39 is 35.6 Å². The minimum atomic E-state index is -0.939. The summed E-state index contributed by atoms with van der Waals surface area (Å²) in [4.78, 5) is 51.2. The molecular weight excluding hydrogens is 478 g/mol. The number of carbonyl (C=O) groups is 4. The molecule has 1 aliphatic rings. The second-order valence-electron chi connectivity index (χ2n) is 10.4. The Bertz CT molecular complexity index is 973. The van der Waals surface area contributed by atoms with E-state index >= 15 is 0 Å². The maximum atomic E-state index is 13.0. The molecule has 5 N–H and O–H groups in total. The van der Waals surface area contributed by atoms with Crippen LogP contribution in [0.25, 0.3) is 0 Å². The fourth-order valence-corrected chi connectivity index (χ4v) is 3.67. The van der Waals surface area contributed by atoms with Crippen molar-refractivity contribution in [3.63, 3.8) is 0 Å². The lowest BCUT2D eigenvalue weighted by Crippen LogP contribution is -2.48. The van der Waals surface area contributed by atoms with Crippen molar-refractivity contribution in [1.29, 1.82) is 0 Å². The van der Waals surface area contributed by atoms with Gasteiger partial charge in [-0.1, -0.05) is 44.2 Å². The van der Waals surface area contributed by atoms with Gasteiger partial charge < -0.3 is 36.1 Å². The fraction of sp³-hybridized carbons (Fsp3) is 0.538.